The van der Waals surface area contributed by atoms with Gasteiger partial charge >= 0.3 is 0 Å². The highest BCUT2D eigenvalue weighted by molar-refractivity contribution is 5.88. The number of rotatable bonds is 10. The fraction of sp³-hybridized carbons (Fsp3) is 0.417. The molecule has 0 spiro atoms. The molecular weight excluding hydrogens is 364 g/mol. The molecule has 5 heteroatoms. The third-order valence-electron chi connectivity index (χ3n) is 4.93. The van der Waals surface area contributed by atoms with Crippen molar-refractivity contribution in [3.63, 3.8) is 0 Å². The summed E-state index contributed by atoms with van der Waals surface area (Å²) in [5.74, 6) is 0.303. The highest BCUT2D eigenvalue weighted by Gasteiger charge is 2.29. The SMILES string of the molecule is CC[C@H](C(=O)N[C@@H](C)CC)N(Cc1cccc(C)c1)C(=O)COc1ccccc1. The molecular formula is C24H32N2O3. The van der Waals surface area contributed by atoms with Crippen molar-refractivity contribution in [2.75, 3.05) is 6.61 Å². The highest BCUT2D eigenvalue weighted by Crippen LogP contribution is 2.15. The van der Waals surface area contributed by atoms with Crippen LogP contribution in [0.4, 0.5) is 0 Å². The van der Waals surface area contributed by atoms with Crippen LogP contribution in [0.2, 0.25) is 0 Å². The first-order chi connectivity index (χ1) is 13.9. The summed E-state index contributed by atoms with van der Waals surface area (Å²) in [6.45, 7) is 8.19. The zero-order chi connectivity index (χ0) is 21.2. The first-order valence-corrected chi connectivity index (χ1v) is 10.3. The van der Waals surface area contributed by atoms with Gasteiger partial charge in [-0.2, -0.15) is 0 Å². The molecule has 0 saturated carbocycles. The van der Waals surface area contributed by atoms with Crippen LogP contribution in [0.15, 0.2) is 54.6 Å². The summed E-state index contributed by atoms with van der Waals surface area (Å²) in [7, 11) is 0. The van der Waals surface area contributed by atoms with Crippen molar-refractivity contribution in [2.24, 2.45) is 0 Å². The van der Waals surface area contributed by atoms with Gasteiger partial charge in [-0.1, -0.05) is 61.9 Å². The van der Waals surface area contributed by atoms with Gasteiger partial charge in [0.2, 0.25) is 5.91 Å². The summed E-state index contributed by atoms with van der Waals surface area (Å²) in [4.78, 5) is 27.6. The van der Waals surface area contributed by atoms with E-state index in [1.807, 2.05) is 82.3 Å². The van der Waals surface area contributed by atoms with Crippen molar-refractivity contribution in [1.82, 2.24) is 10.2 Å². The van der Waals surface area contributed by atoms with Crippen molar-refractivity contribution < 1.29 is 14.3 Å². The Labute approximate surface area is 174 Å². The summed E-state index contributed by atoms with van der Waals surface area (Å²) < 4.78 is 5.66. The van der Waals surface area contributed by atoms with E-state index in [1.165, 1.54) is 0 Å². The van der Waals surface area contributed by atoms with E-state index in [2.05, 4.69) is 5.32 Å². The van der Waals surface area contributed by atoms with E-state index in [1.54, 1.807) is 4.90 Å². The standard InChI is InChI=1S/C24H32N2O3/c1-5-19(4)25-24(28)22(6-2)26(16-20-12-10-11-18(3)15-20)23(27)17-29-21-13-8-7-9-14-21/h7-15,19,22H,5-6,16-17H2,1-4H3,(H,25,28)/t19-,22+/m0/s1. The molecule has 0 radical (unpaired) electrons. The highest BCUT2D eigenvalue weighted by atomic mass is 16.5. The maximum Gasteiger partial charge on any atom is 0.261 e. The van der Waals surface area contributed by atoms with Gasteiger partial charge in [-0.25, -0.2) is 0 Å². The van der Waals surface area contributed by atoms with Gasteiger partial charge in [-0.3, -0.25) is 9.59 Å². The van der Waals surface area contributed by atoms with Gasteiger partial charge in [0.15, 0.2) is 6.61 Å². The minimum atomic E-state index is -0.545. The van der Waals surface area contributed by atoms with Crippen LogP contribution < -0.4 is 10.1 Å². The molecule has 0 fully saturated rings. The Hall–Kier alpha value is -2.82. The van der Waals surface area contributed by atoms with Gasteiger partial charge in [-0.05, 0) is 44.4 Å². The fourth-order valence-electron chi connectivity index (χ4n) is 3.11. The van der Waals surface area contributed by atoms with Crippen molar-refractivity contribution in [3.8, 4) is 5.75 Å². The predicted molar refractivity (Wildman–Crippen MR) is 116 cm³/mol. The molecule has 1 N–H and O–H groups in total. The minimum Gasteiger partial charge on any atom is -0.484 e. The molecule has 2 aromatic rings. The van der Waals surface area contributed by atoms with Crippen molar-refractivity contribution in [1.29, 1.82) is 0 Å². The number of ether oxygens (including phenoxy) is 1. The Morgan fingerprint density at radius 1 is 1.03 bits per heavy atom. The normalized spacial score (nSPS) is 12.7. The second-order valence-electron chi connectivity index (χ2n) is 7.35. The molecule has 0 heterocycles. The average molecular weight is 397 g/mol. The second kappa shape index (κ2) is 11.2. The lowest BCUT2D eigenvalue weighted by molar-refractivity contribution is -0.143. The van der Waals surface area contributed by atoms with E-state index in [9.17, 15) is 9.59 Å². The molecule has 0 aliphatic heterocycles. The first-order valence-electron chi connectivity index (χ1n) is 10.3. The molecule has 0 bridgehead atoms. The number of nitrogens with zero attached hydrogens (tertiary/aromatic N) is 1. The van der Waals surface area contributed by atoms with Crippen molar-refractivity contribution in [3.05, 3.63) is 65.7 Å². The number of benzene rings is 2. The van der Waals surface area contributed by atoms with Gasteiger partial charge in [-0.15, -0.1) is 0 Å². The number of amides is 2. The van der Waals surface area contributed by atoms with E-state index < -0.39 is 6.04 Å². The third kappa shape index (κ3) is 6.93. The van der Waals surface area contributed by atoms with Crippen molar-refractivity contribution in [2.45, 2.75) is 59.2 Å². The fourth-order valence-corrected chi connectivity index (χ4v) is 3.11. The van der Waals surface area contributed by atoms with Crippen LogP contribution in [0.1, 0.15) is 44.7 Å². The van der Waals surface area contributed by atoms with Crippen LogP contribution in [-0.4, -0.2) is 35.4 Å². The molecule has 5 nitrogen and oxygen atoms in total. The lowest BCUT2D eigenvalue weighted by Crippen LogP contribution is -2.51. The molecule has 156 valence electrons. The summed E-state index contributed by atoms with van der Waals surface area (Å²) in [6, 6.07) is 16.8. The lowest BCUT2D eigenvalue weighted by atomic mass is 10.1. The number of hydrogen-bond donors (Lipinski definition) is 1. The van der Waals surface area contributed by atoms with E-state index in [0.29, 0.717) is 18.7 Å². The first kappa shape index (κ1) is 22.5. The molecule has 2 atom stereocenters. The molecule has 0 aliphatic rings. The van der Waals surface area contributed by atoms with Crippen LogP contribution in [-0.2, 0) is 16.1 Å². The van der Waals surface area contributed by atoms with Gasteiger partial charge < -0.3 is 15.0 Å². The van der Waals surface area contributed by atoms with Crippen LogP contribution in [0.3, 0.4) is 0 Å². The van der Waals surface area contributed by atoms with E-state index in [4.69, 9.17) is 4.74 Å². The Kier molecular flexibility index (Phi) is 8.71. The second-order valence-corrected chi connectivity index (χ2v) is 7.35. The minimum absolute atomic E-state index is 0.0630. The molecule has 0 unspecified atom stereocenters. The van der Waals surface area contributed by atoms with Crippen LogP contribution >= 0.6 is 0 Å². The maximum absolute atomic E-state index is 13.1. The van der Waals surface area contributed by atoms with E-state index >= 15 is 0 Å². The largest absolute Gasteiger partial charge is 0.484 e. The Morgan fingerprint density at radius 2 is 1.76 bits per heavy atom. The van der Waals surface area contributed by atoms with Gasteiger partial charge in [0.25, 0.3) is 5.91 Å². The van der Waals surface area contributed by atoms with Gasteiger partial charge in [0, 0.05) is 12.6 Å². The summed E-state index contributed by atoms with van der Waals surface area (Å²) in [5.41, 5.74) is 2.11. The average Bonchev–Trinajstić information content (AvgIpc) is 2.72. The Balaban J connectivity index is 2.20. The maximum atomic E-state index is 13.1. The molecule has 2 amide bonds. The molecule has 0 aliphatic carbocycles. The van der Waals surface area contributed by atoms with E-state index in [-0.39, 0.29) is 24.5 Å². The molecule has 0 saturated heterocycles. The topological polar surface area (TPSA) is 58.6 Å². The van der Waals surface area contributed by atoms with Crippen LogP contribution in [0, 0.1) is 6.92 Å². The van der Waals surface area contributed by atoms with E-state index in [0.717, 1.165) is 17.5 Å². The molecule has 29 heavy (non-hydrogen) atoms. The number of carbonyl (C=O) groups is 2. The Bertz CT molecular complexity index is 792. The lowest BCUT2D eigenvalue weighted by Gasteiger charge is -2.31. The third-order valence-corrected chi connectivity index (χ3v) is 4.93. The number of nitrogens with one attached hydrogen (secondary N) is 1. The van der Waals surface area contributed by atoms with Gasteiger partial charge in [0.05, 0.1) is 0 Å². The number of carbonyl (C=O) groups excluding carboxylic acids is 2. The van der Waals surface area contributed by atoms with Crippen LogP contribution in [0.25, 0.3) is 0 Å². The van der Waals surface area contributed by atoms with Crippen LogP contribution in [0.5, 0.6) is 5.75 Å². The quantitative estimate of drug-likeness (QED) is 0.658. The monoisotopic (exact) mass is 396 g/mol. The molecule has 2 aromatic carbocycles. The number of hydrogen-bond acceptors (Lipinski definition) is 3. The summed E-state index contributed by atoms with van der Waals surface area (Å²) in [5, 5.41) is 3.01. The smallest absolute Gasteiger partial charge is 0.261 e. The number of aryl methyl sites for hydroxylation is 1. The summed E-state index contributed by atoms with van der Waals surface area (Å²) >= 11 is 0. The van der Waals surface area contributed by atoms with Gasteiger partial charge in [0.1, 0.15) is 11.8 Å². The number of para-hydroxylation sites is 1. The van der Waals surface area contributed by atoms with Crippen molar-refractivity contribution >= 4 is 11.8 Å². The molecule has 2 rings (SSSR count). The zero-order valence-corrected chi connectivity index (χ0v) is 17.9. The zero-order valence-electron chi connectivity index (χ0n) is 17.9. The molecule has 0 aromatic heterocycles. The Morgan fingerprint density at radius 3 is 2.38 bits per heavy atom. The summed E-state index contributed by atoms with van der Waals surface area (Å²) in [6.07, 6.45) is 1.37. The predicted octanol–water partition coefficient (Wildman–Crippen LogP) is 4.10.